The van der Waals surface area contributed by atoms with Crippen LogP contribution in [0.4, 0.5) is 30.2 Å². The molecule has 0 fully saturated rings. The van der Waals surface area contributed by atoms with Crippen LogP contribution in [0.15, 0.2) is 78.2 Å². The van der Waals surface area contributed by atoms with Crippen molar-refractivity contribution in [2.45, 2.75) is 6.18 Å². The van der Waals surface area contributed by atoms with Gasteiger partial charge in [-0.25, -0.2) is 4.98 Å². The van der Waals surface area contributed by atoms with E-state index >= 15 is 0 Å². The quantitative estimate of drug-likeness (QED) is 0.232. The molecule has 0 atom stereocenters. The predicted molar refractivity (Wildman–Crippen MR) is 138 cm³/mol. The number of nitrogens with one attached hydrogen (secondary N) is 3. The van der Waals surface area contributed by atoms with Crippen LogP contribution in [0.25, 0.3) is 10.6 Å². The third kappa shape index (κ3) is 6.36. The van der Waals surface area contributed by atoms with Crippen molar-refractivity contribution in [2.75, 3.05) is 16.0 Å². The van der Waals surface area contributed by atoms with Gasteiger partial charge in [-0.05, 0) is 54.7 Å². The first kappa shape index (κ1) is 24.6. The Morgan fingerprint density at radius 3 is 2.14 bits per heavy atom. The van der Waals surface area contributed by atoms with Gasteiger partial charge in [0.15, 0.2) is 5.11 Å². The molecule has 0 unspecified atom stereocenters. The summed E-state index contributed by atoms with van der Waals surface area (Å²) in [5, 5.41) is 10.5. The summed E-state index contributed by atoms with van der Waals surface area (Å²) in [6, 6.07) is 19.7. The van der Waals surface area contributed by atoms with Crippen LogP contribution < -0.4 is 16.0 Å². The molecule has 4 aromatic rings. The van der Waals surface area contributed by atoms with Crippen molar-refractivity contribution in [1.29, 1.82) is 0 Å². The number of benzene rings is 3. The SMILES string of the molecule is O=C(Nc1ccc(NC(=S)Nc2ccc(Cl)c(C(F)(F)F)c2)cc1)c1csc(-c2ccccc2)n1. The van der Waals surface area contributed by atoms with Gasteiger partial charge in [0, 0.05) is 28.0 Å². The largest absolute Gasteiger partial charge is 0.417 e. The Balaban J connectivity index is 1.35. The molecule has 0 saturated heterocycles. The Hall–Kier alpha value is -3.47. The normalized spacial score (nSPS) is 11.1. The highest BCUT2D eigenvalue weighted by atomic mass is 35.5. The summed E-state index contributed by atoms with van der Waals surface area (Å²) in [5.41, 5.74) is 1.54. The van der Waals surface area contributed by atoms with Gasteiger partial charge in [0.05, 0.1) is 10.6 Å². The Morgan fingerprint density at radius 1 is 0.886 bits per heavy atom. The molecule has 1 aromatic heterocycles. The molecule has 0 radical (unpaired) electrons. The number of amides is 1. The first-order chi connectivity index (χ1) is 16.7. The van der Waals surface area contributed by atoms with Crippen molar-refractivity contribution in [1.82, 2.24) is 4.98 Å². The summed E-state index contributed by atoms with van der Waals surface area (Å²) in [6.45, 7) is 0. The lowest BCUT2D eigenvalue weighted by atomic mass is 10.2. The molecule has 1 heterocycles. The van der Waals surface area contributed by atoms with Gasteiger partial charge in [-0.3, -0.25) is 4.79 Å². The summed E-state index contributed by atoms with van der Waals surface area (Å²) in [5.74, 6) is -0.343. The van der Waals surface area contributed by atoms with E-state index in [1.165, 1.54) is 17.4 Å². The molecule has 1 amide bonds. The van der Waals surface area contributed by atoms with Crippen LogP contribution in [-0.2, 0) is 6.18 Å². The van der Waals surface area contributed by atoms with E-state index in [1.807, 2.05) is 30.3 Å². The number of hydrogen-bond acceptors (Lipinski definition) is 4. The van der Waals surface area contributed by atoms with Crippen molar-refractivity contribution >= 4 is 63.2 Å². The summed E-state index contributed by atoms with van der Waals surface area (Å²) < 4.78 is 39.1. The Labute approximate surface area is 213 Å². The van der Waals surface area contributed by atoms with Crippen LogP contribution in [0.5, 0.6) is 0 Å². The highest BCUT2D eigenvalue weighted by Crippen LogP contribution is 2.36. The highest BCUT2D eigenvalue weighted by Gasteiger charge is 2.33. The van der Waals surface area contributed by atoms with Crippen molar-refractivity contribution in [3.8, 4) is 10.6 Å². The van der Waals surface area contributed by atoms with E-state index in [2.05, 4.69) is 20.9 Å². The standard InChI is InChI=1S/C24H16ClF3N4OS2/c25-19-11-10-17(12-18(19)24(26,27)28)31-23(34)30-16-8-6-15(7-9-16)29-21(33)20-13-35-22(32-20)14-4-2-1-3-5-14/h1-13H,(H,29,33)(H2,30,31,34). The van der Waals surface area contributed by atoms with Gasteiger partial charge in [0.1, 0.15) is 10.7 Å². The number of thiazole rings is 1. The maximum absolute atomic E-state index is 13.0. The van der Waals surface area contributed by atoms with E-state index in [0.717, 1.165) is 22.7 Å². The molecule has 0 aliphatic rings. The maximum Gasteiger partial charge on any atom is 0.417 e. The smallest absolute Gasteiger partial charge is 0.332 e. The zero-order valence-corrected chi connectivity index (χ0v) is 20.1. The van der Waals surface area contributed by atoms with E-state index in [9.17, 15) is 18.0 Å². The number of nitrogens with zero attached hydrogens (tertiary/aromatic N) is 1. The van der Waals surface area contributed by atoms with Crippen LogP contribution in [0, 0.1) is 0 Å². The second kappa shape index (κ2) is 10.4. The van der Waals surface area contributed by atoms with Gasteiger partial charge in [-0.1, -0.05) is 41.9 Å². The Morgan fingerprint density at radius 2 is 1.49 bits per heavy atom. The van der Waals surface area contributed by atoms with E-state index in [1.54, 1.807) is 29.6 Å². The Bertz CT molecular complexity index is 1360. The van der Waals surface area contributed by atoms with Gasteiger partial charge in [-0.15, -0.1) is 11.3 Å². The lowest BCUT2D eigenvalue weighted by molar-refractivity contribution is -0.137. The number of carbonyl (C=O) groups is 1. The Kier molecular flexibility index (Phi) is 7.34. The molecule has 0 saturated carbocycles. The second-order valence-electron chi connectivity index (χ2n) is 7.21. The van der Waals surface area contributed by atoms with E-state index in [0.29, 0.717) is 17.1 Å². The molecular weight excluding hydrogens is 517 g/mol. The summed E-state index contributed by atoms with van der Waals surface area (Å²) in [4.78, 5) is 16.9. The molecule has 0 aliphatic heterocycles. The fourth-order valence-electron chi connectivity index (χ4n) is 3.04. The van der Waals surface area contributed by atoms with Gasteiger partial charge < -0.3 is 16.0 Å². The second-order valence-corrected chi connectivity index (χ2v) is 8.88. The molecule has 5 nitrogen and oxygen atoms in total. The van der Waals surface area contributed by atoms with Gasteiger partial charge in [0.25, 0.3) is 5.91 Å². The monoisotopic (exact) mass is 532 g/mol. The predicted octanol–water partition coefficient (Wildman–Crippen LogP) is 7.54. The number of rotatable bonds is 5. The molecule has 0 bridgehead atoms. The van der Waals surface area contributed by atoms with E-state index in [4.69, 9.17) is 23.8 Å². The summed E-state index contributed by atoms with van der Waals surface area (Å²) in [7, 11) is 0. The van der Waals surface area contributed by atoms with Crippen molar-refractivity contribution < 1.29 is 18.0 Å². The number of thiocarbonyl (C=S) groups is 1. The number of hydrogen-bond donors (Lipinski definition) is 3. The average molecular weight is 533 g/mol. The minimum atomic E-state index is -4.58. The van der Waals surface area contributed by atoms with Gasteiger partial charge >= 0.3 is 6.18 Å². The molecule has 3 aromatic carbocycles. The lowest BCUT2D eigenvalue weighted by Crippen LogP contribution is -2.19. The fourth-order valence-corrected chi connectivity index (χ4v) is 4.30. The van der Waals surface area contributed by atoms with E-state index < -0.39 is 16.8 Å². The average Bonchev–Trinajstić information content (AvgIpc) is 3.32. The van der Waals surface area contributed by atoms with E-state index in [-0.39, 0.29) is 16.7 Å². The summed E-state index contributed by atoms with van der Waals surface area (Å²) >= 11 is 12.2. The van der Waals surface area contributed by atoms with Crippen molar-refractivity contribution in [2.24, 2.45) is 0 Å². The molecular formula is C24H16ClF3N4OS2. The van der Waals surface area contributed by atoms with Crippen LogP contribution in [0.2, 0.25) is 5.02 Å². The number of anilines is 3. The molecule has 0 spiro atoms. The van der Waals surface area contributed by atoms with Gasteiger partial charge in [0.2, 0.25) is 0 Å². The number of carbonyl (C=O) groups excluding carboxylic acids is 1. The zero-order valence-electron chi connectivity index (χ0n) is 17.7. The third-order valence-corrected chi connectivity index (χ3v) is 6.11. The first-order valence-corrected chi connectivity index (χ1v) is 11.7. The lowest BCUT2D eigenvalue weighted by Gasteiger charge is -2.14. The van der Waals surface area contributed by atoms with Crippen molar-refractivity contribution in [3.63, 3.8) is 0 Å². The highest BCUT2D eigenvalue weighted by molar-refractivity contribution is 7.80. The minimum Gasteiger partial charge on any atom is -0.332 e. The number of alkyl halides is 3. The van der Waals surface area contributed by atoms with Gasteiger partial charge in [-0.2, -0.15) is 13.2 Å². The molecule has 178 valence electrons. The topological polar surface area (TPSA) is 66.1 Å². The molecule has 3 N–H and O–H groups in total. The molecule has 4 rings (SSSR count). The maximum atomic E-state index is 13.0. The summed E-state index contributed by atoms with van der Waals surface area (Å²) in [6.07, 6.45) is -4.58. The zero-order chi connectivity index (χ0) is 25.0. The first-order valence-electron chi connectivity index (χ1n) is 10.1. The third-order valence-electron chi connectivity index (χ3n) is 4.69. The van der Waals surface area contributed by atoms with Crippen molar-refractivity contribution in [3.05, 3.63) is 94.5 Å². The van der Waals surface area contributed by atoms with Crippen LogP contribution >= 0.6 is 35.2 Å². The molecule has 0 aliphatic carbocycles. The number of halogens is 4. The fraction of sp³-hybridized carbons (Fsp3) is 0.0417. The van der Waals surface area contributed by atoms with Crippen LogP contribution in [0.3, 0.4) is 0 Å². The number of aromatic nitrogens is 1. The van der Waals surface area contributed by atoms with Crippen LogP contribution in [-0.4, -0.2) is 16.0 Å². The van der Waals surface area contributed by atoms with Crippen LogP contribution in [0.1, 0.15) is 16.1 Å². The minimum absolute atomic E-state index is 0.0909. The molecule has 11 heteroatoms. The molecule has 35 heavy (non-hydrogen) atoms.